The normalized spacial score (nSPS) is 23.2. The van der Waals surface area contributed by atoms with Crippen molar-refractivity contribution in [1.82, 2.24) is 9.97 Å². The highest BCUT2D eigenvalue weighted by Gasteiger charge is 2.28. The third-order valence-electron chi connectivity index (χ3n) is 3.50. The molecule has 19 heavy (non-hydrogen) atoms. The third kappa shape index (κ3) is 3.13. The van der Waals surface area contributed by atoms with Crippen molar-refractivity contribution in [1.29, 1.82) is 0 Å². The largest absolute Gasteiger partial charge is 0.379 e. The Kier molecular flexibility index (Phi) is 4.21. The van der Waals surface area contributed by atoms with Gasteiger partial charge in [0.2, 0.25) is 0 Å². The van der Waals surface area contributed by atoms with E-state index in [9.17, 15) is 0 Å². The highest BCUT2D eigenvalue weighted by molar-refractivity contribution is 5.57. The van der Waals surface area contributed by atoms with Crippen LogP contribution >= 0.6 is 0 Å². The second-order valence-electron chi connectivity index (χ2n) is 5.30. The van der Waals surface area contributed by atoms with Crippen LogP contribution in [0.4, 0.5) is 11.6 Å². The lowest BCUT2D eigenvalue weighted by atomic mass is 9.94. The zero-order chi connectivity index (χ0) is 13.9. The predicted octanol–water partition coefficient (Wildman–Crippen LogP) is 1.61. The van der Waals surface area contributed by atoms with Gasteiger partial charge in [-0.3, -0.25) is 0 Å². The maximum atomic E-state index is 5.56. The number of aryl methyl sites for hydroxylation is 1. The van der Waals surface area contributed by atoms with Crippen molar-refractivity contribution in [3.8, 4) is 0 Å². The van der Waals surface area contributed by atoms with E-state index in [4.69, 9.17) is 10.6 Å². The van der Waals surface area contributed by atoms with Crippen molar-refractivity contribution in [2.24, 2.45) is 5.84 Å². The Balaban J connectivity index is 2.27. The first kappa shape index (κ1) is 14.0. The molecule has 0 radical (unpaired) electrons. The van der Waals surface area contributed by atoms with Crippen molar-refractivity contribution >= 4 is 11.6 Å². The maximum absolute atomic E-state index is 5.56. The van der Waals surface area contributed by atoms with Gasteiger partial charge < -0.3 is 15.5 Å². The molecule has 1 unspecified atom stereocenters. The summed E-state index contributed by atoms with van der Waals surface area (Å²) in [6.07, 6.45) is 2.91. The molecule has 2 rings (SSSR count). The lowest BCUT2D eigenvalue weighted by Gasteiger charge is -2.35. The molecule has 0 amide bonds. The summed E-state index contributed by atoms with van der Waals surface area (Å²) >= 11 is 0. The fourth-order valence-corrected chi connectivity index (χ4v) is 2.30. The van der Waals surface area contributed by atoms with Crippen LogP contribution in [0.15, 0.2) is 0 Å². The second kappa shape index (κ2) is 5.71. The first-order valence-corrected chi connectivity index (χ1v) is 6.78. The van der Waals surface area contributed by atoms with Gasteiger partial charge in [-0.1, -0.05) is 6.92 Å². The summed E-state index contributed by atoms with van der Waals surface area (Å²) in [4.78, 5) is 8.93. The zero-order valence-electron chi connectivity index (χ0n) is 11.9. The third-order valence-corrected chi connectivity index (χ3v) is 3.50. The van der Waals surface area contributed by atoms with Gasteiger partial charge in [-0.25, -0.2) is 15.8 Å². The van der Waals surface area contributed by atoms with Gasteiger partial charge in [0.25, 0.3) is 0 Å². The number of nitrogen functional groups attached to an aromatic ring is 1. The summed E-state index contributed by atoms with van der Waals surface area (Å²) in [6.45, 7) is 7.69. The number of hydrogen-bond donors (Lipinski definition) is 3. The van der Waals surface area contributed by atoms with Gasteiger partial charge in [-0.15, -0.1) is 0 Å². The summed E-state index contributed by atoms with van der Waals surface area (Å²) in [5.41, 5.74) is 3.50. The number of hydrogen-bond acceptors (Lipinski definition) is 6. The van der Waals surface area contributed by atoms with Gasteiger partial charge in [-0.2, -0.15) is 0 Å². The molecule has 4 N–H and O–H groups in total. The molecule has 6 heteroatoms. The van der Waals surface area contributed by atoms with Gasteiger partial charge in [0.1, 0.15) is 17.5 Å². The first-order valence-electron chi connectivity index (χ1n) is 6.78. The Morgan fingerprint density at radius 1 is 1.37 bits per heavy atom. The standard InChI is InChI=1S/C13H23N5O/c1-4-10-15-11(9(2)12(16-10)18-14)17-13(3)6-5-7-19-8-13/h4-8,14H2,1-3H3,(H2,15,16,17,18). The van der Waals surface area contributed by atoms with Crippen LogP contribution in [0.2, 0.25) is 0 Å². The summed E-state index contributed by atoms with van der Waals surface area (Å²) < 4.78 is 5.56. The van der Waals surface area contributed by atoms with E-state index in [1.807, 2.05) is 13.8 Å². The van der Waals surface area contributed by atoms with Crippen LogP contribution in [0.1, 0.15) is 38.1 Å². The number of nitrogens with zero attached hydrogens (tertiary/aromatic N) is 2. The fraction of sp³-hybridized carbons (Fsp3) is 0.692. The summed E-state index contributed by atoms with van der Waals surface area (Å²) in [5.74, 6) is 7.81. The molecule has 0 bridgehead atoms. The van der Waals surface area contributed by atoms with E-state index in [-0.39, 0.29) is 5.54 Å². The van der Waals surface area contributed by atoms with Gasteiger partial charge in [0, 0.05) is 18.6 Å². The summed E-state index contributed by atoms with van der Waals surface area (Å²) in [5, 5.41) is 3.50. The first-order chi connectivity index (χ1) is 9.08. The Labute approximate surface area is 114 Å². The van der Waals surface area contributed by atoms with Gasteiger partial charge in [-0.05, 0) is 26.7 Å². The van der Waals surface area contributed by atoms with Crippen molar-refractivity contribution in [3.05, 3.63) is 11.4 Å². The number of nitrogens with two attached hydrogens (primary N) is 1. The van der Waals surface area contributed by atoms with E-state index in [1.165, 1.54) is 0 Å². The van der Waals surface area contributed by atoms with Crippen LogP contribution in [-0.2, 0) is 11.2 Å². The fourth-order valence-electron chi connectivity index (χ4n) is 2.30. The van der Waals surface area contributed by atoms with E-state index in [1.54, 1.807) is 0 Å². The number of aromatic nitrogens is 2. The van der Waals surface area contributed by atoms with Gasteiger partial charge in [0.15, 0.2) is 0 Å². The van der Waals surface area contributed by atoms with Gasteiger partial charge in [0.05, 0.1) is 12.1 Å². The molecule has 1 aromatic rings. The minimum atomic E-state index is -0.0752. The van der Waals surface area contributed by atoms with E-state index in [0.29, 0.717) is 12.4 Å². The number of anilines is 2. The molecule has 1 fully saturated rings. The Hall–Kier alpha value is -1.40. The highest BCUT2D eigenvalue weighted by atomic mass is 16.5. The highest BCUT2D eigenvalue weighted by Crippen LogP contribution is 2.27. The Bertz CT molecular complexity index is 443. The Morgan fingerprint density at radius 2 is 2.11 bits per heavy atom. The van der Waals surface area contributed by atoms with Gasteiger partial charge >= 0.3 is 0 Å². The van der Waals surface area contributed by atoms with Crippen LogP contribution in [0, 0.1) is 6.92 Å². The molecular weight excluding hydrogens is 242 g/mol. The van der Waals surface area contributed by atoms with Crippen LogP contribution in [0.5, 0.6) is 0 Å². The Morgan fingerprint density at radius 3 is 2.68 bits per heavy atom. The molecule has 0 aromatic carbocycles. The monoisotopic (exact) mass is 265 g/mol. The number of rotatable bonds is 4. The molecule has 0 saturated carbocycles. The molecule has 1 aromatic heterocycles. The van der Waals surface area contributed by atoms with Crippen LogP contribution in [-0.4, -0.2) is 28.7 Å². The molecule has 6 nitrogen and oxygen atoms in total. The minimum Gasteiger partial charge on any atom is -0.379 e. The summed E-state index contributed by atoms with van der Waals surface area (Å²) in [7, 11) is 0. The summed E-state index contributed by atoms with van der Waals surface area (Å²) in [6, 6.07) is 0. The second-order valence-corrected chi connectivity index (χ2v) is 5.30. The molecule has 1 saturated heterocycles. The maximum Gasteiger partial charge on any atom is 0.148 e. The average molecular weight is 265 g/mol. The topological polar surface area (TPSA) is 85.1 Å². The molecule has 0 spiro atoms. The lowest BCUT2D eigenvalue weighted by Crippen LogP contribution is -2.43. The number of ether oxygens (including phenoxy) is 1. The SMILES string of the molecule is CCc1nc(NN)c(C)c(NC2(C)CCCOC2)n1. The molecule has 1 aliphatic heterocycles. The van der Waals surface area contributed by atoms with E-state index in [2.05, 4.69) is 27.6 Å². The van der Waals surface area contributed by atoms with Crippen LogP contribution in [0.3, 0.4) is 0 Å². The molecule has 1 aliphatic rings. The smallest absolute Gasteiger partial charge is 0.148 e. The lowest BCUT2D eigenvalue weighted by molar-refractivity contribution is 0.0538. The van der Waals surface area contributed by atoms with Crippen molar-refractivity contribution in [2.75, 3.05) is 24.0 Å². The molecular formula is C13H23N5O. The van der Waals surface area contributed by atoms with E-state index in [0.717, 1.165) is 43.1 Å². The quantitative estimate of drug-likeness (QED) is 0.566. The molecule has 2 heterocycles. The number of nitrogens with one attached hydrogen (secondary N) is 2. The van der Waals surface area contributed by atoms with Crippen molar-refractivity contribution < 1.29 is 4.74 Å². The average Bonchev–Trinajstić information content (AvgIpc) is 2.41. The molecule has 0 aliphatic carbocycles. The van der Waals surface area contributed by atoms with Crippen molar-refractivity contribution in [3.63, 3.8) is 0 Å². The van der Waals surface area contributed by atoms with E-state index >= 15 is 0 Å². The van der Waals surface area contributed by atoms with Crippen LogP contribution < -0.4 is 16.6 Å². The molecule has 1 atom stereocenters. The zero-order valence-corrected chi connectivity index (χ0v) is 11.9. The molecule has 106 valence electrons. The predicted molar refractivity (Wildman–Crippen MR) is 76.0 cm³/mol. The van der Waals surface area contributed by atoms with Crippen LogP contribution in [0.25, 0.3) is 0 Å². The van der Waals surface area contributed by atoms with E-state index < -0.39 is 0 Å². The minimum absolute atomic E-state index is 0.0752. The van der Waals surface area contributed by atoms with Crippen molar-refractivity contribution in [2.45, 2.75) is 45.6 Å². The number of hydrazine groups is 1.